The van der Waals surface area contributed by atoms with Crippen LogP contribution in [-0.4, -0.2) is 30.1 Å². The van der Waals surface area contributed by atoms with Gasteiger partial charge in [0, 0.05) is 19.1 Å². The van der Waals surface area contributed by atoms with E-state index in [9.17, 15) is 0 Å². The van der Waals surface area contributed by atoms with Crippen molar-refractivity contribution < 1.29 is 0 Å². The third-order valence-electron chi connectivity index (χ3n) is 2.53. The summed E-state index contributed by atoms with van der Waals surface area (Å²) in [5, 5.41) is 8.83. The van der Waals surface area contributed by atoms with Crippen molar-refractivity contribution in [2.75, 3.05) is 13.1 Å². The second-order valence-corrected chi connectivity index (χ2v) is 3.63. The average molecular weight is 151 g/mol. The first-order valence-corrected chi connectivity index (χ1v) is 4.20. The summed E-state index contributed by atoms with van der Waals surface area (Å²) in [7, 11) is 0. The molecule has 0 radical (unpaired) electrons. The maximum absolute atomic E-state index is 8.83. The van der Waals surface area contributed by atoms with Gasteiger partial charge in [-0.25, -0.2) is 0 Å². The Balaban J connectivity index is 1.87. The minimum Gasteiger partial charge on any atom is -0.325 e. The summed E-state index contributed by atoms with van der Waals surface area (Å²) in [6.45, 7) is 1.85. The minimum absolute atomic E-state index is 0.176. The first-order chi connectivity index (χ1) is 5.31. The van der Waals surface area contributed by atoms with Crippen molar-refractivity contribution in [3.63, 3.8) is 0 Å². The Morgan fingerprint density at radius 3 is 2.45 bits per heavy atom. The highest BCUT2D eigenvalue weighted by atomic mass is 15.2. The van der Waals surface area contributed by atoms with E-state index in [1.807, 2.05) is 0 Å². The average Bonchev–Trinajstić information content (AvgIpc) is 2.69. The molecule has 3 heteroatoms. The summed E-state index contributed by atoms with van der Waals surface area (Å²) in [6.07, 6.45) is 2.48. The van der Waals surface area contributed by atoms with Gasteiger partial charge in [-0.2, -0.15) is 5.26 Å². The zero-order chi connectivity index (χ0) is 7.84. The molecule has 1 saturated carbocycles. The molecule has 0 unspecified atom stereocenters. The normalized spacial score (nSPS) is 29.1. The topological polar surface area (TPSA) is 53.0 Å². The highest BCUT2D eigenvalue weighted by Crippen LogP contribution is 2.36. The monoisotopic (exact) mass is 151 g/mol. The summed E-state index contributed by atoms with van der Waals surface area (Å²) in [4.78, 5) is 2.20. The maximum atomic E-state index is 8.83. The van der Waals surface area contributed by atoms with Crippen LogP contribution in [0.5, 0.6) is 0 Å². The second kappa shape index (κ2) is 2.47. The van der Waals surface area contributed by atoms with Gasteiger partial charge in [0.25, 0.3) is 0 Å². The van der Waals surface area contributed by atoms with Crippen molar-refractivity contribution in [2.24, 2.45) is 11.7 Å². The van der Waals surface area contributed by atoms with Crippen molar-refractivity contribution in [3.8, 4) is 6.07 Å². The van der Waals surface area contributed by atoms with Gasteiger partial charge in [0.15, 0.2) is 0 Å². The van der Waals surface area contributed by atoms with E-state index < -0.39 is 0 Å². The van der Waals surface area contributed by atoms with Crippen LogP contribution in [0.2, 0.25) is 0 Å². The van der Waals surface area contributed by atoms with Crippen LogP contribution in [0.1, 0.15) is 12.8 Å². The number of hydrogen-bond acceptors (Lipinski definition) is 3. The molecule has 0 aromatic carbocycles. The Morgan fingerprint density at radius 1 is 1.45 bits per heavy atom. The number of hydrogen-bond donors (Lipinski definition) is 1. The fourth-order valence-electron chi connectivity index (χ4n) is 1.67. The summed E-state index contributed by atoms with van der Waals surface area (Å²) >= 11 is 0. The summed E-state index contributed by atoms with van der Waals surface area (Å²) < 4.78 is 0. The minimum atomic E-state index is 0.176. The Morgan fingerprint density at radius 2 is 2.09 bits per heavy atom. The lowest BCUT2D eigenvalue weighted by atomic mass is 10.0. The lowest BCUT2D eigenvalue weighted by Crippen LogP contribution is -2.59. The van der Waals surface area contributed by atoms with E-state index in [2.05, 4.69) is 11.0 Å². The predicted molar refractivity (Wildman–Crippen MR) is 41.7 cm³/mol. The van der Waals surface area contributed by atoms with E-state index in [1.165, 1.54) is 12.8 Å². The highest BCUT2D eigenvalue weighted by molar-refractivity contribution is 5.05. The fourth-order valence-corrected chi connectivity index (χ4v) is 1.67. The van der Waals surface area contributed by atoms with Crippen molar-refractivity contribution >= 4 is 0 Å². The highest BCUT2D eigenvalue weighted by Gasteiger charge is 2.39. The van der Waals surface area contributed by atoms with E-state index in [1.54, 1.807) is 0 Å². The molecular weight excluding hydrogens is 138 g/mol. The Kier molecular flexibility index (Phi) is 1.59. The second-order valence-electron chi connectivity index (χ2n) is 3.63. The van der Waals surface area contributed by atoms with Gasteiger partial charge >= 0.3 is 0 Å². The molecule has 1 aliphatic heterocycles. The lowest BCUT2D eigenvalue weighted by molar-refractivity contribution is 0.110. The molecule has 2 N–H and O–H groups in total. The number of nitrogens with zero attached hydrogens (tertiary/aromatic N) is 2. The molecule has 2 fully saturated rings. The number of rotatable bonds is 2. The van der Waals surface area contributed by atoms with Crippen LogP contribution in [0.25, 0.3) is 0 Å². The van der Waals surface area contributed by atoms with E-state index >= 15 is 0 Å². The Hall–Kier alpha value is -0.590. The molecule has 1 atom stereocenters. The van der Waals surface area contributed by atoms with Crippen molar-refractivity contribution in [1.82, 2.24) is 4.90 Å². The van der Waals surface area contributed by atoms with Gasteiger partial charge in [-0.15, -0.1) is 0 Å². The van der Waals surface area contributed by atoms with Gasteiger partial charge < -0.3 is 5.73 Å². The molecular formula is C8H13N3. The van der Waals surface area contributed by atoms with Gasteiger partial charge in [-0.1, -0.05) is 0 Å². The van der Waals surface area contributed by atoms with E-state index in [0.29, 0.717) is 12.0 Å². The van der Waals surface area contributed by atoms with Gasteiger partial charge in [0.2, 0.25) is 0 Å². The first kappa shape index (κ1) is 7.08. The van der Waals surface area contributed by atoms with Gasteiger partial charge in [-0.05, 0) is 18.8 Å². The number of nitriles is 1. The largest absolute Gasteiger partial charge is 0.325 e. The van der Waals surface area contributed by atoms with Crippen LogP contribution in [-0.2, 0) is 0 Å². The molecule has 3 nitrogen and oxygen atoms in total. The van der Waals surface area contributed by atoms with Crippen LogP contribution in [0.3, 0.4) is 0 Å². The maximum Gasteiger partial charge on any atom is 0.101 e. The Bertz CT molecular complexity index is 186. The molecule has 0 aromatic heterocycles. The molecule has 0 aromatic rings. The zero-order valence-electron chi connectivity index (χ0n) is 6.53. The summed E-state index contributed by atoms with van der Waals surface area (Å²) in [6, 6.07) is 2.86. The van der Waals surface area contributed by atoms with Crippen molar-refractivity contribution in [2.45, 2.75) is 24.9 Å². The smallest absolute Gasteiger partial charge is 0.101 e. The van der Waals surface area contributed by atoms with Crippen LogP contribution >= 0.6 is 0 Å². The molecule has 60 valence electrons. The van der Waals surface area contributed by atoms with Gasteiger partial charge in [0.1, 0.15) is 6.04 Å². The molecule has 2 rings (SSSR count). The molecule has 1 saturated heterocycles. The van der Waals surface area contributed by atoms with E-state index in [0.717, 1.165) is 13.1 Å². The number of nitrogens with two attached hydrogens (primary N) is 1. The van der Waals surface area contributed by atoms with E-state index in [-0.39, 0.29) is 6.04 Å². The molecule has 0 bridgehead atoms. The van der Waals surface area contributed by atoms with Gasteiger partial charge in [0.05, 0.1) is 6.07 Å². The predicted octanol–water partition coefficient (Wildman–Crippen LogP) is -0.0685. The third kappa shape index (κ3) is 1.24. The first-order valence-electron chi connectivity index (χ1n) is 4.20. The van der Waals surface area contributed by atoms with Gasteiger partial charge in [-0.3, -0.25) is 4.90 Å². The molecule has 11 heavy (non-hydrogen) atoms. The Labute approximate surface area is 66.8 Å². The van der Waals surface area contributed by atoms with E-state index in [4.69, 9.17) is 11.0 Å². The van der Waals surface area contributed by atoms with Crippen LogP contribution in [0.4, 0.5) is 0 Å². The molecule has 0 spiro atoms. The standard InChI is InChI=1S/C8H13N3/c9-3-8(6-1-2-6)11-4-7(10)5-11/h6-8H,1-2,4-5,10H2/t8-/m0/s1. The van der Waals surface area contributed by atoms with Crippen LogP contribution < -0.4 is 5.73 Å². The third-order valence-corrected chi connectivity index (χ3v) is 2.53. The zero-order valence-corrected chi connectivity index (χ0v) is 6.53. The van der Waals surface area contributed by atoms with Crippen molar-refractivity contribution in [1.29, 1.82) is 5.26 Å². The molecule has 0 amide bonds. The van der Waals surface area contributed by atoms with Crippen LogP contribution in [0, 0.1) is 17.2 Å². The fraction of sp³-hybridized carbons (Fsp3) is 0.875. The quantitative estimate of drug-likeness (QED) is 0.601. The van der Waals surface area contributed by atoms with Crippen LogP contribution in [0.15, 0.2) is 0 Å². The lowest BCUT2D eigenvalue weighted by Gasteiger charge is -2.39. The molecule has 1 aliphatic carbocycles. The van der Waals surface area contributed by atoms with Crippen molar-refractivity contribution in [3.05, 3.63) is 0 Å². The molecule has 1 heterocycles. The summed E-state index contributed by atoms with van der Waals surface area (Å²) in [5.74, 6) is 0.660. The molecule has 2 aliphatic rings. The summed E-state index contributed by atoms with van der Waals surface area (Å²) in [5.41, 5.74) is 5.63. The SMILES string of the molecule is N#C[C@@H](C1CC1)N1CC(N)C1. The number of likely N-dealkylation sites (tertiary alicyclic amines) is 1.